The van der Waals surface area contributed by atoms with Crippen LogP contribution >= 0.6 is 11.6 Å². The second-order valence-electron chi connectivity index (χ2n) is 4.60. The number of halogens is 1. The Labute approximate surface area is 113 Å². The van der Waals surface area contributed by atoms with Crippen LogP contribution in [0.15, 0.2) is 12.1 Å². The first kappa shape index (κ1) is 14.8. The Morgan fingerprint density at radius 2 is 2.11 bits per heavy atom. The molecule has 0 unspecified atom stereocenters. The highest BCUT2D eigenvalue weighted by Crippen LogP contribution is 2.35. The van der Waals surface area contributed by atoms with E-state index >= 15 is 0 Å². The molecule has 0 atom stereocenters. The molecule has 1 N–H and O–H groups in total. The third kappa shape index (κ3) is 3.91. The van der Waals surface area contributed by atoms with Crippen LogP contribution < -0.4 is 4.74 Å². The lowest BCUT2D eigenvalue weighted by atomic mass is 9.97. The van der Waals surface area contributed by atoms with Crippen LogP contribution in [0.25, 0.3) is 0 Å². The van der Waals surface area contributed by atoms with Gasteiger partial charge in [0.15, 0.2) is 0 Å². The van der Waals surface area contributed by atoms with E-state index in [1.54, 1.807) is 7.11 Å². The molecule has 0 bridgehead atoms. The highest BCUT2D eigenvalue weighted by atomic mass is 35.5. The minimum atomic E-state index is -0.765. The molecule has 0 radical (unpaired) electrons. The van der Waals surface area contributed by atoms with Crippen LogP contribution in [0, 0.1) is 0 Å². The van der Waals surface area contributed by atoms with E-state index in [-0.39, 0.29) is 6.42 Å². The van der Waals surface area contributed by atoms with Crippen molar-refractivity contribution in [2.75, 3.05) is 7.11 Å². The van der Waals surface area contributed by atoms with Crippen molar-refractivity contribution >= 4 is 17.6 Å². The molecule has 1 aromatic carbocycles. The molecule has 1 rings (SSSR count). The topological polar surface area (TPSA) is 46.5 Å². The number of carboxylic acids is 1. The number of aryl methyl sites for hydroxylation is 1. The van der Waals surface area contributed by atoms with Crippen LogP contribution in [-0.2, 0) is 11.2 Å². The molecule has 0 aliphatic carbocycles. The average molecular weight is 271 g/mol. The van der Waals surface area contributed by atoms with Crippen LogP contribution in [0.1, 0.15) is 43.7 Å². The summed E-state index contributed by atoms with van der Waals surface area (Å²) in [5.41, 5.74) is 2.13. The molecule has 0 aliphatic heterocycles. The molecule has 0 saturated heterocycles. The van der Waals surface area contributed by atoms with Gasteiger partial charge in [-0.3, -0.25) is 4.79 Å². The summed E-state index contributed by atoms with van der Waals surface area (Å²) in [7, 11) is 1.61. The molecule has 0 saturated carbocycles. The van der Waals surface area contributed by atoms with Crippen LogP contribution in [-0.4, -0.2) is 18.2 Å². The molecule has 4 heteroatoms. The Morgan fingerprint density at radius 3 is 2.61 bits per heavy atom. The maximum Gasteiger partial charge on any atom is 0.303 e. The minimum absolute atomic E-state index is 0.181. The first-order chi connectivity index (χ1) is 8.45. The number of ether oxygens (including phenoxy) is 1. The summed E-state index contributed by atoms with van der Waals surface area (Å²) in [6.45, 7) is 4.16. The van der Waals surface area contributed by atoms with Crippen molar-refractivity contribution in [3.8, 4) is 5.75 Å². The van der Waals surface area contributed by atoms with Gasteiger partial charge in [-0.1, -0.05) is 31.5 Å². The fourth-order valence-electron chi connectivity index (χ4n) is 1.91. The predicted octanol–water partition coefficient (Wildman–Crippen LogP) is 3.88. The standard InChI is InChI=1S/C14H19ClO3/c1-9(2)11-7-10(5-4-6-13(16)17)8-12(15)14(11)18-3/h7-9H,4-6H2,1-3H3,(H,16,17). The van der Waals surface area contributed by atoms with Gasteiger partial charge in [-0.05, 0) is 36.0 Å². The molecule has 0 amide bonds. The Balaban J connectivity index is 2.91. The van der Waals surface area contributed by atoms with Crippen LogP contribution in [0.3, 0.4) is 0 Å². The van der Waals surface area contributed by atoms with E-state index in [9.17, 15) is 4.79 Å². The Hall–Kier alpha value is -1.22. The van der Waals surface area contributed by atoms with Gasteiger partial charge in [0, 0.05) is 6.42 Å². The molecule has 18 heavy (non-hydrogen) atoms. The number of aliphatic carboxylic acids is 1. The molecule has 1 aromatic rings. The third-order valence-electron chi connectivity index (χ3n) is 2.81. The van der Waals surface area contributed by atoms with Crippen molar-refractivity contribution in [3.05, 3.63) is 28.3 Å². The van der Waals surface area contributed by atoms with Crippen molar-refractivity contribution < 1.29 is 14.6 Å². The number of hydrogen-bond donors (Lipinski definition) is 1. The number of benzene rings is 1. The molecular formula is C14H19ClO3. The molecule has 100 valence electrons. The van der Waals surface area contributed by atoms with Crippen molar-refractivity contribution in [2.24, 2.45) is 0 Å². The number of methoxy groups -OCH3 is 1. The van der Waals surface area contributed by atoms with Gasteiger partial charge < -0.3 is 9.84 Å². The maximum absolute atomic E-state index is 10.5. The molecule has 3 nitrogen and oxygen atoms in total. The summed E-state index contributed by atoms with van der Waals surface area (Å²) in [6.07, 6.45) is 1.52. The van der Waals surface area contributed by atoms with E-state index in [4.69, 9.17) is 21.4 Å². The van der Waals surface area contributed by atoms with E-state index in [1.807, 2.05) is 6.07 Å². The lowest BCUT2D eigenvalue weighted by Gasteiger charge is -2.15. The third-order valence-corrected chi connectivity index (χ3v) is 3.10. The number of rotatable bonds is 6. The second kappa shape index (κ2) is 6.64. The van der Waals surface area contributed by atoms with E-state index in [0.29, 0.717) is 23.1 Å². The summed E-state index contributed by atoms with van der Waals surface area (Å²) >= 11 is 6.18. The molecule has 0 aromatic heterocycles. The van der Waals surface area contributed by atoms with Crippen LogP contribution in [0.5, 0.6) is 5.75 Å². The highest BCUT2D eigenvalue weighted by Gasteiger charge is 2.13. The van der Waals surface area contributed by atoms with Crippen molar-refractivity contribution in [1.29, 1.82) is 0 Å². The smallest absolute Gasteiger partial charge is 0.303 e. The highest BCUT2D eigenvalue weighted by molar-refractivity contribution is 6.32. The van der Waals surface area contributed by atoms with E-state index < -0.39 is 5.97 Å². The number of hydrogen-bond acceptors (Lipinski definition) is 2. The Bertz CT molecular complexity index is 427. The summed E-state index contributed by atoms with van der Waals surface area (Å²) in [5, 5.41) is 9.22. The zero-order valence-electron chi connectivity index (χ0n) is 11.0. The molecule has 0 fully saturated rings. The van der Waals surface area contributed by atoms with Gasteiger partial charge in [0.1, 0.15) is 5.75 Å². The summed E-state index contributed by atoms with van der Waals surface area (Å²) in [5.74, 6) is 0.268. The van der Waals surface area contributed by atoms with Gasteiger partial charge in [0.2, 0.25) is 0 Å². The van der Waals surface area contributed by atoms with E-state index in [0.717, 1.165) is 17.5 Å². The Kier molecular flexibility index (Phi) is 5.48. The average Bonchev–Trinajstić information content (AvgIpc) is 2.27. The van der Waals surface area contributed by atoms with Gasteiger partial charge >= 0.3 is 5.97 Å². The van der Waals surface area contributed by atoms with Gasteiger partial charge in [-0.15, -0.1) is 0 Å². The number of carboxylic acid groups (broad SMARTS) is 1. The predicted molar refractivity (Wildman–Crippen MR) is 72.7 cm³/mol. The lowest BCUT2D eigenvalue weighted by molar-refractivity contribution is -0.137. The molecule has 0 aliphatic rings. The summed E-state index contributed by atoms with van der Waals surface area (Å²) in [4.78, 5) is 10.5. The van der Waals surface area contributed by atoms with Crippen molar-refractivity contribution in [2.45, 2.75) is 39.0 Å². The first-order valence-electron chi connectivity index (χ1n) is 6.03. The van der Waals surface area contributed by atoms with Crippen LogP contribution in [0.2, 0.25) is 5.02 Å². The minimum Gasteiger partial charge on any atom is -0.495 e. The SMILES string of the molecule is COc1c(Cl)cc(CCCC(=O)O)cc1C(C)C. The van der Waals surface area contributed by atoms with Crippen LogP contribution in [0.4, 0.5) is 0 Å². The molecule has 0 heterocycles. The van der Waals surface area contributed by atoms with Crippen molar-refractivity contribution in [3.63, 3.8) is 0 Å². The number of carbonyl (C=O) groups is 1. The lowest BCUT2D eigenvalue weighted by Crippen LogP contribution is -1.99. The largest absolute Gasteiger partial charge is 0.495 e. The zero-order valence-corrected chi connectivity index (χ0v) is 11.8. The fraction of sp³-hybridized carbons (Fsp3) is 0.500. The maximum atomic E-state index is 10.5. The van der Waals surface area contributed by atoms with Gasteiger partial charge in [0.05, 0.1) is 12.1 Å². The zero-order chi connectivity index (χ0) is 13.7. The van der Waals surface area contributed by atoms with Gasteiger partial charge in [-0.25, -0.2) is 0 Å². The fourth-order valence-corrected chi connectivity index (χ4v) is 2.23. The monoisotopic (exact) mass is 270 g/mol. The summed E-state index contributed by atoms with van der Waals surface area (Å²) in [6, 6.07) is 3.91. The van der Waals surface area contributed by atoms with Crippen molar-refractivity contribution in [1.82, 2.24) is 0 Å². The first-order valence-corrected chi connectivity index (χ1v) is 6.41. The summed E-state index contributed by atoms with van der Waals surface area (Å²) < 4.78 is 5.31. The van der Waals surface area contributed by atoms with E-state index in [2.05, 4.69) is 19.9 Å². The molecule has 0 spiro atoms. The van der Waals surface area contributed by atoms with E-state index in [1.165, 1.54) is 0 Å². The Morgan fingerprint density at radius 1 is 1.44 bits per heavy atom. The quantitative estimate of drug-likeness (QED) is 0.853. The van der Waals surface area contributed by atoms with Gasteiger partial charge in [0.25, 0.3) is 0 Å². The van der Waals surface area contributed by atoms with Gasteiger partial charge in [-0.2, -0.15) is 0 Å². The normalized spacial score (nSPS) is 10.7. The molecular weight excluding hydrogens is 252 g/mol. The second-order valence-corrected chi connectivity index (χ2v) is 5.01.